The molecule has 1 aromatic heterocycles. The number of halogens is 1. The zero-order valence-electron chi connectivity index (χ0n) is 17.6. The maximum atomic E-state index is 13.4. The Morgan fingerprint density at radius 1 is 1.00 bits per heavy atom. The van der Waals surface area contributed by atoms with E-state index < -0.39 is 5.91 Å². The average Bonchev–Trinajstić information content (AvgIpc) is 3.52. The molecule has 0 bridgehead atoms. The van der Waals surface area contributed by atoms with E-state index in [9.17, 15) is 14.0 Å². The number of fused-ring (bicyclic) bond motifs is 1. The maximum Gasteiger partial charge on any atom is 0.276 e. The Bertz CT molecular complexity index is 1200. The van der Waals surface area contributed by atoms with Gasteiger partial charge in [-0.25, -0.2) is 9.07 Å². The van der Waals surface area contributed by atoms with Crippen LogP contribution in [0.3, 0.4) is 0 Å². The van der Waals surface area contributed by atoms with E-state index >= 15 is 0 Å². The van der Waals surface area contributed by atoms with Crippen molar-refractivity contribution < 1.29 is 14.0 Å². The molecule has 2 aliphatic rings. The van der Waals surface area contributed by atoms with Crippen molar-refractivity contribution in [2.75, 3.05) is 23.3 Å². The predicted molar refractivity (Wildman–Crippen MR) is 120 cm³/mol. The number of nitrogens with one attached hydrogen (secondary N) is 1. The molecule has 0 atom stereocenters. The van der Waals surface area contributed by atoms with Gasteiger partial charge in [0, 0.05) is 29.9 Å². The highest BCUT2D eigenvalue weighted by atomic mass is 19.1. The van der Waals surface area contributed by atoms with Gasteiger partial charge in [0.25, 0.3) is 5.91 Å². The number of amides is 2. The van der Waals surface area contributed by atoms with Gasteiger partial charge < -0.3 is 16.0 Å². The molecule has 0 saturated carbocycles. The van der Waals surface area contributed by atoms with Crippen LogP contribution in [0, 0.1) is 5.82 Å². The number of hydrogen-bond acceptors (Lipinski definition) is 4. The maximum absolute atomic E-state index is 13.4. The molecule has 3 N–H and O–H groups in total. The number of benzene rings is 2. The molecule has 0 unspecified atom stereocenters. The Labute approximate surface area is 185 Å². The number of carbonyl (C=O) groups is 2. The summed E-state index contributed by atoms with van der Waals surface area (Å²) in [6.07, 6.45) is 4.68. The zero-order chi connectivity index (χ0) is 22.2. The molecule has 32 heavy (non-hydrogen) atoms. The molecule has 8 heteroatoms. The van der Waals surface area contributed by atoms with Crippen molar-refractivity contribution in [3.63, 3.8) is 0 Å². The van der Waals surface area contributed by atoms with Gasteiger partial charge in [0.2, 0.25) is 5.91 Å². The third-order valence-corrected chi connectivity index (χ3v) is 6.19. The Hall–Kier alpha value is -3.68. The highest BCUT2D eigenvalue weighted by Gasteiger charge is 2.28. The fourth-order valence-electron chi connectivity index (χ4n) is 4.62. The van der Waals surface area contributed by atoms with Crippen molar-refractivity contribution in [2.24, 2.45) is 5.73 Å². The van der Waals surface area contributed by atoms with Crippen molar-refractivity contribution in [3.05, 3.63) is 70.8 Å². The molecule has 0 radical (unpaired) electrons. The molecule has 2 amide bonds. The summed E-state index contributed by atoms with van der Waals surface area (Å²) in [6, 6.07) is 11.2. The van der Waals surface area contributed by atoms with E-state index in [1.165, 1.54) is 12.1 Å². The van der Waals surface area contributed by atoms with Crippen LogP contribution in [0.1, 0.15) is 51.4 Å². The quantitative estimate of drug-likeness (QED) is 0.645. The first-order valence-electron chi connectivity index (χ1n) is 10.9. The van der Waals surface area contributed by atoms with E-state index in [1.807, 2.05) is 6.07 Å². The van der Waals surface area contributed by atoms with Crippen LogP contribution in [-0.2, 0) is 12.8 Å². The van der Waals surface area contributed by atoms with Crippen molar-refractivity contribution in [2.45, 2.75) is 32.1 Å². The summed E-state index contributed by atoms with van der Waals surface area (Å²) in [4.78, 5) is 27.3. The molecular weight excluding hydrogens is 409 g/mol. The number of rotatable bonds is 5. The normalized spacial score (nSPS) is 15.1. The monoisotopic (exact) mass is 433 g/mol. The zero-order valence-corrected chi connectivity index (χ0v) is 17.6. The standard InChI is InChI=1S/C24H24FN5O2/c25-16-7-9-17(10-8-16)30-20-5-3-4-18(20)22(28-30)24(32)27-19-14-15(23(26)31)6-11-21(19)29-12-1-2-13-29/h6-11,14H,1-5,12-13H2,(H2,26,31)(H,27,32). The Balaban J connectivity index is 1.51. The summed E-state index contributed by atoms with van der Waals surface area (Å²) >= 11 is 0. The van der Waals surface area contributed by atoms with Crippen LogP contribution in [0.5, 0.6) is 0 Å². The summed E-state index contributed by atoms with van der Waals surface area (Å²) in [5, 5.41) is 7.57. The molecule has 0 spiro atoms. The van der Waals surface area contributed by atoms with Crippen LogP contribution in [0.4, 0.5) is 15.8 Å². The topological polar surface area (TPSA) is 93.2 Å². The number of anilines is 2. The van der Waals surface area contributed by atoms with Gasteiger partial charge in [-0.1, -0.05) is 0 Å². The van der Waals surface area contributed by atoms with Gasteiger partial charge in [-0.3, -0.25) is 9.59 Å². The summed E-state index contributed by atoms with van der Waals surface area (Å²) in [7, 11) is 0. The second kappa shape index (κ2) is 8.11. The van der Waals surface area contributed by atoms with Crippen LogP contribution in [-0.4, -0.2) is 34.7 Å². The molecule has 164 valence electrons. The number of primary amides is 1. The average molecular weight is 433 g/mol. The van der Waals surface area contributed by atoms with Crippen LogP contribution < -0.4 is 16.0 Å². The highest BCUT2D eigenvalue weighted by Crippen LogP contribution is 2.32. The van der Waals surface area contributed by atoms with Gasteiger partial charge in [-0.15, -0.1) is 0 Å². The minimum Gasteiger partial charge on any atom is -0.370 e. The number of nitrogens with two attached hydrogens (primary N) is 1. The molecule has 5 rings (SSSR count). The molecule has 1 aliphatic carbocycles. The molecule has 7 nitrogen and oxygen atoms in total. The van der Waals surface area contributed by atoms with Gasteiger partial charge in [-0.05, 0) is 74.6 Å². The van der Waals surface area contributed by atoms with Crippen molar-refractivity contribution in [3.8, 4) is 5.69 Å². The lowest BCUT2D eigenvalue weighted by molar-refractivity contribution is 0.0995. The first kappa shape index (κ1) is 20.2. The Kier molecular flexibility index (Phi) is 5.13. The summed E-state index contributed by atoms with van der Waals surface area (Å²) in [6.45, 7) is 1.79. The largest absolute Gasteiger partial charge is 0.370 e. The summed E-state index contributed by atoms with van der Waals surface area (Å²) in [5.41, 5.74) is 10.2. The second-order valence-corrected chi connectivity index (χ2v) is 8.26. The van der Waals surface area contributed by atoms with Crippen LogP contribution in [0.15, 0.2) is 42.5 Å². The molecule has 2 aromatic carbocycles. The first-order valence-corrected chi connectivity index (χ1v) is 10.9. The summed E-state index contributed by atoms with van der Waals surface area (Å²) < 4.78 is 15.1. The third-order valence-electron chi connectivity index (χ3n) is 6.19. The van der Waals surface area contributed by atoms with Crippen LogP contribution in [0.25, 0.3) is 5.69 Å². The lowest BCUT2D eigenvalue weighted by Crippen LogP contribution is -2.22. The first-order chi connectivity index (χ1) is 15.5. The lowest BCUT2D eigenvalue weighted by Gasteiger charge is -2.22. The smallest absolute Gasteiger partial charge is 0.276 e. The van der Waals surface area contributed by atoms with Gasteiger partial charge in [-0.2, -0.15) is 5.10 Å². The second-order valence-electron chi connectivity index (χ2n) is 8.26. The van der Waals surface area contributed by atoms with E-state index in [1.54, 1.807) is 28.9 Å². The van der Waals surface area contributed by atoms with Crippen molar-refractivity contribution in [1.82, 2.24) is 9.78 Å². The molecular formula is C24H24FN5O2. The highest BCUT2D eigenvalue weighted by molar-refractivity contribution is 6.07. The molecule has 1 fully saturated rings. The fraction of sp³-hybridized carbons (Fsp3) is 0.292. The lowest BCUT2D eigenvalue weighted by atomic mass is 10.1. The molecule has 1 aliphatic heterocycles. The number of nitrogens with zero attached hydrogens (tertiary/aromatic N) is 3. The minimum atomic E-state index is -0.546. The van der Waals surface area contributed by atoms with Gasteiger partial charge in [0.1, 0.15) is 5.82 Å². The van der Waals surface area contributed by atoms with E-state index in [-0.39, 0.29) is 11.7 Å². The van der Waals surface area contributed by atoms with Crippen LogP contribution in [0.2, 0.25) is 0 Å². The Morgan fingerprint density at radius 2 is 1.75 bits per heavy atom. The number of aromatic nitrogens is 2. The predicted octanol–water partition coefficient (Wildman–Crippen LogP) is 3.45. The van der Waals surface area contributed by atoms with Crippen LogP contribution >= 0.6 is 0 Å². The number of hydrogen-bond donors (Lipinski definition) is 2. The van der Waals surface area contributed by atoms with E-state index in [0.29, 0.717) is 16.9 Å². The van der Waals surface area contributed by atoms with E-state index in [4.69, 9.17) is 5.73 Å². The van der Waals surface area contributed by atoms with Gasteiger partial charge >= 0.3 is 0 Å². The molecule has 1 saturated heterocycles. The van der Waals surface area contributed by atoms with E-state index in [2.05, 4.69) is 15.3 Å². The van der Waals surface area contributed by atoms with Gasteiger partial charge in [0.05, 0.1) is 17.1 Å². The number of carbonyl (C=O) groups excluding carboxylic acids is 2. The minimum absolute atomic E-state index is 0.320. The fourth-order valence-corrected chi connectivity index (χ4v) is 4.62. The third kappa shape index (κ3) is 3.62. The van der Waals surface area contributed by atoms with Crippen molar-refractivity contribution in [1.29, 1.82) is 0 Å². The van der Waals surface area contributed by atoms with Gasteiger partial charge in [0.15, 0.2) is 5.69 Å². The molecule has 3 aromatic rings. The van der Waals surface area contributed by atoms with Crippen molar-refractivity contribution >= 4 is 23.2 Å². The Morgan fingerprint density at radius 3 is 2.47 bits per heavy atom. The summed E-state index contributed by atoms with van der Waals surface area (Å²) in [5.74, 6) is -1.19. The molecule has 2 heterocycles. The SMILES string of the molecule is NC(=O)c1ccc(N2CCCC2)c(NC(=O)c2nn(-c3ccc(F)cc3)c3c2CCC3)c1. The van der Waals surface area contributed by atoms with E-state index in [0.717, 1.165) is 67.8 Å².